The standard InChI is InChI=1S/C13H16N2O3/c1-15-11-6-5-9(13(16)17)8-10(11)14-12(15)4-3-7-18-2/h5-6,8H,3-4,7H2,1-2H3,(H,16,17). The van der Waals surface area contributed by atoms with Crippen molar-refractivity contribution in [3.63, 3.8) is 0 Å². The molecule has 0 aliphatic carbocycles. The average molecular weight is 248 g/mol. The fourth-order valence-corrected chi connectivity index (χ4v) is 1.98. The summed E-state index contributed by atoms with van der Waals surface area (Å²) in [5.41, 5.74) is 1.95. The van der Waals surface area contributed by atoms with Gasteiger partial charge in [0.1, 0.15) is 5.82 Å². The lowest BCUT2D eigenvalue weighted by Gasteiger charge is -2.01. The van der Waals surface area contributed by atoms with Gasteiger partial charge in [-0.25, -0.2) is 9.78 Å². The van der Waals surface area contributed by atoms with Crippen LogP contribution >= 0.6 is 0 Å². The van der Waals surface area contributed by atoms with Crippen LogP contribution < -0.4 is 0 Å². The fourth-order valence-electron chi connectivity index (χ4n) is 1.98. The Balaban J connectivity index is 2.33. The maximum absolute atomic E-state index is 10.9. The van der Waals surface area contributed by atoms with Crippen LogP contribution in [0.25, 0.3) is 11.0 Å². The van der Waals surface area contributed by atoms with Crippen LogP contribution in [0.2, 0.25) is 0 Å². The molecule has 1 aromatic carbocycles. The summed E-state index contributed by atoms with van der Waals surface area (Å²) < 4.78 is 7.01. The van der Waals surface area contributed by atoms with Crippen LogP contribution in [0.1, 0.15) is 22.6 Å². The van der Waals surface area contributed by atoms with Crippen LogP contribution in [0.4, 0.5) is 0 Å². The van der Waals surface area contributed by atoms with E-state index in [9.17, 15) is 4.79 Å². The van der Waals surface area contributed by atoms with Crippen LogP contribution in [0.5, 0.6) is 0 Å². The minimum atomic E-state index is -0.927. The molecular formula is C13H16N2O3. The Hall–Kier alpha value is -1.88. The van der Waals surface area contributed by atoms with Gasteiger partial charge in [0.15, 0.2) is 0 Å². The van der Waals surface area contributed by atoms with Gasteiger partial charge in [-0.3, -0.25) is 0 Å². The number of hydrogen-bond acceptors (Lipinski definition) is 3. The van der Waals surface area contributed by atoms with E-state index in [1.54, 1.807) is 25.3 Å². The Labute approximate surface area is 105 Å². The molecule has 1 heterocycles. The van der Waals surface area contributed by atoms with E-state index in [4.69, 9.17) is 9.84 Å². The molecule has 18 heavy (non-hydrogen) atoms. The summed E-state index contributed by atoms with van der Waals surface area (Å²) in [7, 11) is 3.62. The van der Waals surface area contributed by atoms with Crippen molar-refractivity contribution in [1.29, 1.82) is 0 Å². The molecule has 1 N–H and O–H groups in total. The molecule has 0 radical (unpaired) electrons. The van der Waals surface area contributed by atoms with Gasteiger partial charge in [-0.1, -0.05) is 0 Å². The van der Waals surface area contributed by atoms with Gasteiger partial charge in [0.2, 0.25) is 0 Å². The highest BCUT2D eigenvalue weighted by Crippen LogP contribution is 2.17. The maximum atomic E-state index is 10.9. The number of fused-ring (bicyclic) bond motifs is 1. The molecule has 5 nitrogen and oxygen atoms in total. The van der Waals surface area contributed by atoms with Crippen molar-refractivity contribution in [2.45, 2.75) is 12.8 Å². The van der Waals surface area contributed by atoms with Crippen molar-refractivity contribution < 1.29 is 14.6 Å². The van der Waals surface area contributed by atoms with Gasteiger partial charge in [0.05, 0.1) is 16.6 Å². The number of carboxylic acid groups (broad SMARTS) is 1. The molecule has 0 saturated carbocycles. The number of aromatic nitrogens is 2. The summed E-state index contributed by atoms with van der Waals surface area (Å²) in [4.78, 5) is 15.4. The first-order valence-corrected chi connectivity index (χ1v) is 5.81. The predicted octanol–water partition coefficient (Wildman–Crippen LogP) is 1.85. The summed E-state index contributed by atoms with van der Waals surface area (Å²) >= 11 is 0. The molecule has 2 rings (SSSR count). The first-order valence-electron chi connectivity index (χ1n) is 5.81. The molecule has 0 amide bonds. The zero-order valence-corrected chi connectivity index (χ0v) is 10.5. The molecule has 0 saturated heterocycles. The molecular weight excluding hydrogens is 232 g/mol. The number of carboxylic acids is 1. The van der Waals surface area contributed by atoms with E-state index in [0.717, 1.165) is 29.7 Å². The van der Waals surface area contributed by atoms with E-state index < -0.39 is 5.97 Å². The molecule has 5 heteroatoms. The molecule has 0 aliphatic heterocycles. The number of aryl methyl sites for hydroxylation is 2. The fraction of sp³-hybridized carbons (Fsp3) is 0.385. The smallest absolute Gasteiger partial charge is 0.335 e. The molecule has 0 bridgehead atoms. The predicted molar refractivity (Wildman–Crippen MR) is 67.9 cm³/mol. The quantitative estimate of drug-likeness (QED) is 0.820. The normalized spacial score (nSPS) is 11.0. The number of rotatable bonds is 5. The van der Waals surface area contributed by atoms with Crippen molar-refractivity contribution in [3.8, 4) is 0 Å². The third-order valence-electron chi connectivity index (χ3n) is 2.97. The number of hydrogen-bond donors (Lipinski definition) is 1. The number of carbonyl (C=O) groups is 1. The highest BCUT2D eigenvalue weighted by Gasteiger charge is 2.10. The minimum absolute atomic E-state index is 0.268. The number of aromatic carboxylic acids is 1. The zero-order valence-electron chi connectivity index (χ0n) is 10.5. The SMILES string of the molecule is COCCCc1nc2cc(C(=O)O)ccc2n1C. The van der Waals surface area contributed by atoms with Crippen molar-refractivity contribution in [2.24, 2.45) is 7.05 Å². The summed E-state index contributed by atoms with van der Waals surface area (Å²) in [6.45, 7) is 0.698. The molecule has 0 atom stereocenters. The van der Waals surface area contributed by atoms with Gasteiger partial charge in [-0.2, -0.15) is 0 Å². The summed E-state index contributed by atoms with van der Waals surface area (Å²) in [6, 6.07) is 5.01. The summed E-state index contributed by atoms with van der Waals surface area (Å²) in [5.74, 6) is 0.0214. The Morgan fingerprint density at radius 3 is 2.94 bits per heavy atom. The Kier molecular flexibility index (Phi) is 3.62. The van der Waals surface area contributed by atoms with Crippen molar-refractivity contribution in [1.82, 2.24) is 9.55 Å². The van der Waals surface area contributed by atoms with E-state index in [0.29, 0.717) is 6.61 Å². The molecule has 0 spiro atoms. The highest BCUT2D eigenvalue weighted by molar-refractivity contribution is 5.92. The third kappa shape index (κ3) is 2.36. The average Bonchev–Trinajstić information content (AvgIpc) is 2.66. The van der Waals surface area contributed by atoms with Crippen molar-refractivity contribution >= 4 is 17.0 Å². The number of methoxy groups -OCH3 is 1. The molecule has 1 aromatic heterocycles. The monoisotopic (exact) mass is 248 g/mol. The molecule has 0 unspecified atom stereocenters. The van der Waals surface area contributed by atoms with Crippen molar-refractivity contribution in [2.75, 3.05) is 13.7 Å². The molecule has 96 valence electrons. The number of ether oxygens (including phenoxy) is 1. The Bertz CT molecular complexity index is 575. The lowest BCUT2D eigenvalue weighted by molar-refractivity contribution is 0.0697. The Morgan fingerprint density at radius 1 is 1.50 bits per heavy atom. The first-order chi connectivity index (χ1) is 8.63. The second-order valence-electron chi connectivity index (χ2n) is 4.19. The van der Waals surface area contributed by atoms with Crippen LogP contribution in [0.3, 0.4) is 0 Å². The van der Waals surface area contributed by atoms with Gasteiger partial charge in [-0.15, -0.1) is 0 Å². The number of nitrogens with zero attached hydrogens (tertiary/aromatic N) is 2. The van der Waals surface area contributed by atoms with E-state index in [1.165, 1.54) is 0 Å². The van der Waals surface area contributed by atoms with Gasteiger partial charge in [-0.05, 0) is 24.6 Å². The molecule has 2 aromatic rings. The van der Waals surface area contributed by atoms with Crippen molar-refractivity contribution in [3.05, 3.63) is 29.6 Å². The van der Waals surface area contributed by atoms with E-state index >= 15 is 0 Å². The lowest BCUT2D eigenvalue weighted by atomic mass is 10.2. The van der Waals surface area contributed by atoms with E-state index in [1.807, 2.05) is 11.6 Å². The summed E-state index contributed by atoms with van der Waals surface area (Å²) in [6.07, 6.45) is 1.72. The molecule has 0 fully saturated rings. The first kappa shape index (κ1) is 12.6. The lowest BCUT2D eigenvalue weighted by Crippen LogP contribution is -2.00. The minimum Gasteiger partial charge on any atom is -0.478 e. The third-order valence-corrected chi connectivity index (χ3v) is 2.97. The molecule has 0 aliphatic rings. The van der Waals surface area contributed by atoms with E-state index in [-0.39, 0.29) is 5.56 Å². The van der Waals surface area contributed by atoms with Gasteiger partial charge >= 0.3 is 5.97 Å². The number of imidazole rings is 1. The van der Waals surface area contributed by atoms with Crippen LogP contribution in [0, 0.1) is 0 Å². The second kappa shape index (κ2) is 5.18. The largest absolute Gasteiger partial charge is 0.478 e. The Morgan fingerprint density at radius 2 is 2.28 bits per heavy atom. The zero-order chi connectivity index (χ0) is 13.1. The summed E-state index contributed by atoms with van der Waals surface area (Å²) in [5, 5.41) is 8.94. The van der Waals surface area contributed by atoms with Crippen LogP contribution in [-0.4, -0.2) is 34.3 Å². The second-order valence-corrected chi connectivity index (χ2v) is 4.19. The number of benzene rings is 1. The topological polar surface area (TPSA) is 64.3 Å². The van der Waals surface area contributed by atoms with Crippen LogP contribution in [-0.2, 0) is 18.2 Å². The maximum Gasteiger partial charge on any atom is 0.335 e. The highest BCUT2D eigenvalue weighted by atomic mass is 16.5. The van der Waals surface area contributed by atoms with E-state index in [2.05, 4.69) is 4.98 Å². The van der Waals surface area contributed by atoms with Gasteiger partial charge in [0.25, 0.3) is 0 Å². The van der Waals surface area contributed by atoms with Gasteiger partial charge in [0, 0.05) is 27.2 Å². The van der Waals surface area contributed by atoms with Crippen LogP contribution in [0.15, 0.2) is 18.2 Å². The van der Waals surface area contributed by atoms with Gasteiger partial charge < -0.3 is 14.4 Å².